The second-order valence-electron chi connectivity index (χ2n) is 3.24. The van der Waals surface area contributed by atoms with Crippen molar-refractivity contribution >= 4 is 11.6 Å². The van der Waals surface area contributed by atoms with Crippen molar-refractivity contribution in [2.24, 2.45) is 0 Å². The highest BCUT2D eigenvalue weighted by Gasteiger charge is 2.13. The van der Waals surface area contributed by atoms with E-state index in [4.69, 9.17) is 11.6 Å². The largest absolute Gasteiger partial charge is 0.299 e. The molecule has 0 spiro atoms. The first-order valence-electron chi connectivity index (χ1n) is 5.16. The lowest BCUT2D eigenvalue weighted by Crippen LogP contribution is -2.36. The topological polar surface area (TPSA) is 3.24 Å². The molecule has 0 unspecified atom stereocenters. The van der Waals surface area contributed by atoms with Crippen LogP contribution in [0.3, 0.4) is 0 Å². The Balaban J connectivity index is 3.88. The van der Waals surface area contributed by atoms with E-state index in [2.05, 4.69) is 18.7 Å². The summed E-state index contributed by atoms with van der Waals surface area (Å²) in [7, 11) is 0. The van der Waals surface area contributed by atoms with Gasteiger partial charge in [0, 0.05) is 25.0 Å². The van der Waals surface area contributed by atoms with Crippen LogP contribution in [0.25, 0.3) is 0 Å². The van der Waals surface area contributed by atoms with E-state index in [-0.39, 0.29) is 6.67 Å². The Kier molecular flexibility index (Phi) is 8.89. The molecule has 0 radical (unpaired) electrons. The Hall–Kier alpha value is 0.180. The van der Waals surface area contributed by atoms with E-state index in [1.807, 2.05) is 0 Å². The van der Waals surface area contributed by atoms with Gasteiger partial charge < -0.3 is 0 Å². The van der Waals surface area contributed by atoms with Crippen LogP contribution >= 0.6 is 11.6 Å². The molecule has 0 aliphatic heterocycles. The quantitative estimate of drug-likeness (QED) is 0.556. The minimum atomic E-state index is -0.223. The Morgan fingerprint density at radius 2 is 1.85 bits per heavy atom. The predicted octanol–water partition coefficient (Wildman–Crippen LogP) is 3.08. The number of hydrogen-bond donors (Lipinski definition) is 0. The molecule has 1 nitrogen and oxygen atoms in total. The fourth-order valence-corrected chi connectivity index (χ4v) is 1.87. The van der Waals surface area contributed by atoms with Crippen LogP contribution in [0.5, 0.6) is 0 Å². The third kappa shape index (κ3) is 5.48. The lowest BCUT2D eigenvalue weighted by atomic mass is 10.1. The molecule has 0 N–H and O–H groups in total. The van der Waals surface area contributed by atoms with Crippen molar-refractivity contribution in [2.45, 2.75) is 39.2 Å². The molecule has 0 rings (SSSR count). The van der Waals surface area contributed by atoms with Crippen molar-refractivity contribution in [1.82, 2.24) is 4.90 Å². The van der Waals surface area contributed by atoms with Gasteiger partial charge in [0.1, 0.15) is 0 Å². The molecule has 3 heteroatoms. The van der Waals surface area contributed by atoms with Crippen LogP contribution in [0.2, 0.25) is 0 Å². The Bertz CT molecular complexity index is 107. The van der Waals surface area contributed by atoms with E-state index in [9.17, 15) is 4.39 Å². The molecule has 80 valence electrons. The summed E-state index contributed by atoms with van der Waals surface area (Å²) in [5.74, 6) is 0.642. The molecule has 0 fully saturated rings. The minimum Gasteiger partial charge on any atom is -0.299 e. The average Bonchev–Trinajstić information content (AvgIpc) is 2.16. The zero-order chi connectivity index (χ0) is 10.1. The third-order valence-electron chi connectivity index (χ3n) is 2.41. The van der Waals surface area contributed by atoms with Crippen molar-refractivity contribution in [2.75, 3.05) is 25.6 Å². The van der Waals surface area contributed by atoms with Gasteiger partial charge in [-0.3, -0.25) is 9.29 Å². The van der Waals surface area contributed by atoms with Gasteiger partial charge in [0.25, 0.3) is 0 Å². The molecule has 0 atom stereocenters. The Morgan fingerprint density at radius 3 is 2.23 bits per heavy atom. The number of hydrogen-bond acceptors (Lipinski definition) is 1. The van der Waals surface area contributed by atoms with E-state index in [1.165, 1.54) is 0 Å². The Morgan fingerprint density at radius 1 is 1.23 bits per heavy atom. The van der Waals surface area contributed by atoms with Crippen molar-refractivity contribution in [1.29, 1.82) is 0 Å². The molecule has 0 aromatic heterocycles. The van der Waals surface area contributed by atoms with Crippen LogP contribution in [0.15, 0.2) is 0 Å². The molecule has 0 aliphatic carbocycles. The summed E-state index contributed by atoms with van der Waals surface area (Å²) in [5, 5.41) is 0. The molecule has 0 aromatic carbocycles. The van der Waals surface area contributed by atoms with Gasteiger partial charge >= 0.3 is 0 Å². The smallest absolute Gasteiger partial charge is 0.0906 e. The highest BCUT2D eigenvalue weighted by Crippen LogP contribution is 2.09. The lowest BCUT2D eigenvalue weighted by Gasteiger charge is -2.29. The molecule has 0 saturated carbocycles. The normalized spacial score (nSPS) is 11.5. The number of halogens is 2. The van der Waals surface area contributed by atoms with Gasteiger partial charge in [0.05, 0.1) is 6.67 Å². The van der Waals surface area contributed by atoms with Crippen molar-refractivity contribution in [3.63, 3.8) is 0 Å². The predicted molar refractivity (Wildman–Crippen MR) is 57.3 cm³/mol. The highest BCUT2D eigenvalue weighted by atomic mass is 35.5. The van der Waals surface area contributed by atoms with Crippen LogP contribution in [-0.4, -0.2) is 36.6 Å². The molecule has 0 bridgehead atoms. The van der Waals surface area contributed by atoms with Gasteiger partial charge in [-0.2, -0.15) is 0 Å². The number of nitrogens with zero attached hydrogens (tertiary/aromatic N) is 1. The summed E-state index contributed by atoms with van der Waals surface area (Å²) in [5.41, 5.74) is 0. The van der Waals surface area contributed by atoms with E-state index >= 15 is 0 Å². The molecule has 0 aromatic rings. The highest BCUT2D eigenvalue weighted by molar-refractivity contribution is 6.18. The van der Waals surface area contributed by atoms with Crippen LogP contribution < -0.4 is 0 Å². The maximum absolute atomic E-state index is 12.0. The van der Waals surface area contributed by atoms with E-state index in [0.717, 1.165) is 25.9 Å². The van der Waals surface area contributed by atoms with Crippen LogP contribution in [0.1, 0.15) is 33.1 Å². The molecule has 0 amide bonds. The summed E-state index contributed by atoms with van der Waals surface area (Å²) in [6.07, 6.45) is 2.88. The standard InChI is InChI=1S/C10H21ClFN/c1-3-10(4-2)13(9-6-11)8-5-7-12/h10H,3-9H2,1-2H3. The first kappa shape index (κ1) is 13.2. The summed E-state index contributed by atoms with van der Waals surface area (Å²) >= 11 is 5.70. The van der Waals surface area contributed by atoms with Crippen molar-refractivity contribution in [3.8, 4) is 0 Å². The molecule has 0 saturated heterocycles. The van der Waals surface area contributed by atoms with E-state index in [0.29, 0.717) is 18.3 Å². The van der Waals surface area contributed by atoms with Crippen LogP contribution in [0, 0.1) is 0 Å². The molecular formula is C10H21ClFN. The second kappa shape index (κ2) is 8.76. The first-order chi connectivity index (χ1) is 6.29. The summed E-state index contributed by atoms with van der Waals surface area (Å²) in [6, 6.07) is 0.574. The summed E-state index contributed by atoms with van der Waals surface area (Å²) in [4.78, 5) is 2.30. The van der Waals surface area contributed by atoms with Gasteiger partial charge in [-0.05, 0) is 19.3 Å². The van der Waals surface area contributed by atoms with Crippen molar-refractivity contribution in [3.05, 3.63) is 0 Å². The van der Waals surface area contributed by atoms with Crippen LogP contribution in [0.4, 0.5) is 4.39 Å². The Labute approximate surface area is 86.3 Å². The van der Waals surface area contributed by atoms with E-state index < -0.39 is 0 Å². The molecule has 0 heterocycles. The fraction of sp³-hybridized carbons (Fsp3) is 1.00. The fourth-order valence-electron chi connectivity index (χ4n) is 1.65. The number of alkyl halides is 2. The lowest BCUT2D eigenvalue weighted by molar-refractivity contribution is 0.188. The van der Waals surface area contributed by atoms with Gasteiger partial charge in [-0.25, -0.2) is 0 Å². The molecule has 0 aliphatic rings. The SMILES string of the molecule is CCC(CC)N(CCCl)CCCF. The first-order valence-corrected chi connectivity index (χ1v) is 5.69. The van der Waals surface area contributed by atoms with Crippen molar-refractivity contribution < 1.29 is 4.39 Å². The van der Waals surface area contributed by atoms with Gasteiger partial charge in [-0.15, -0.1) is 11.6 Å². The van der Waals surface area contributed by atoms with Gasteiger partial charge in [0.15, 0.2) is 0 Å². The third-order valence-corrected chi connectivity index (χ3v) is 2.58. The minimum absolute atomic E-state index is 0.223. The van der Waals surface area contributed by atoms with Gasteiger partial charge in [-0.1, -0.05) is 13.8 Å². The molecular weight excluding hydrogens is 189 g/mol. The maximum Gasteiger partial charge on any atom is 0.0906 e. The average molecular weight is 210 g/mol. The second-order valence-corrected chi connectivity index (χ2v) is 3.62. The zero-order valence-electron chi connectivity index (χ0n) is 8.73. The summed E-state index contributed by atoms with van der Waals surface area (Å²) in [6.45, 7) is 5.85. The molecule has 13 heavy (non-hydrogen) atoms. The maximum atomic E-state index is 12.0. The van der Waals surface area contributed by atoms with E-state index in [1.54, 1.807) is 0 Å². The van der Waals surface area contributed by atoms with Gasteiger partial charge in [0.2, 0.25) is 0 Å². The number of rotatable bonds is 8. The summed E-state index contributed by atoms with van der Waals surface area (Å²) < 4.78 is 12.0. The zero-order valence-corrected chi connectivity index (χ0v) is 9.49. The van der Waals surface area contributed by atoms with Crippen LogP contribution in [-0.2, 0) is 0 Å². The monoisotopic (exact) mass is 209 g/mol.